The molecule has 140 valence electrons. The highest BCUT2D eigenvalue weighted by Gasteiger charge is 2.15. The molecule has 0 radical (unpaired) electrons. The van der Waals surface area contributed by atoms with Gasteiger partial charge in [0.25, 0.3) is 15.9 Å². The Morgan fingerprint density at radius 1 is 1.00 bits per heavy atom. The molecule has 27 heavy (non-hydrogen) atoms. The highest BCUT2D eigenvalue weighted by Crippen LogP contribution is 2.27. The van der Waals surface area contributed by atoms with E-state index in [1.807, 2.05) is 13.0 Å². The maximum Gasteiger partial charge on any atom is 0.261 e. The van der Waals surface area contributed by atoms with Crippen LogP contribution < -0.4 is 10.0 Å². The molecule has 1 heterocycles. The van der Waals surface area contributed by atoms with E-state index in [1.165, 1.54) is 23.5 Å². The van der Waals surface area contributed by atoms with Crippen LogP contribution in [0.5, 0.6) is 0 Å². The summed E-state index contributed by atoms with van der Waals surface area (Å²) >= 11 is 7.34. The quantitative estimate of drug-likeness (QED) is 0.607. The second-order valence-electron chi connectivity index (χ2n) is 5.83. The van der Waals surface area contributed by atoms with Gasteiger partial charge in [0, 0.05) is 16.1 Å². The molecule has 1 aromatic heterocycles. The maximum atomic E-state index is 12.4. The number of hydrogen-bond donors (Lipinski definition) is 2. The average molecular weight is 421 g/mol. The second kappa shape index (κ2) is 8.12. The number of carbonyl (C=O) groups excluding carboxylic acids is 1. The lowest BCUT2D eigenvalue weighted by molar-refractivity contribution is 0.0940. The molecule has 1 atom stereocenters. The molecule has 0 bridgehead atoms. The summed E-state index contributed by atoms with van der Waals surface area (Å²) in [7, 11) is -3.66. The van der Waals surface area contributed by atoms with Crippen molar-refractivity contribution in [2.45, 2.75) is 17.9 Å². The van der Waals surface area contributed by atoms with Crippen LogP contribution in [0.2, 0.25) is 4.34 Å². The Kier molecular flexibility index (Phi) is 5.84. The lowest BCUT2D eigenvalue weighted by Gasteiger charge is -2.13. The fourth-order valence-electron chi connectivity index (χ4n) is 2.42. The highest BCUT2D eigenvalue weighted by atomic mass is 35.5. The number of hydrogen-bond acceptors (Lipinski definition) is 4. The van der Waals surface area contributed by atoms with E-state index in [2.05, 4.69) is 10.0 Å². The van der Waals surface area contributed by atoms with E-state index in [-0.39, 0.29) is 16.8 Å². The molecule has 0 aliphatic rings. The molecule has 0 fully saturated rings. The summed E-state index contributed by atoms with van der Waals surface area (Å²) in [6, 6.07) is 17.8. The van der Waals surface area contributed by atoms with Gasteiger partial charge in [-0.05, 0) is 55.5 Å². The Labute approximate surface area is 167 Å². The zero-order valence-electron chi connectivity index (χ0n) is 14.3. The van der Waals surface area contributed by atoms with Gasteiger partial charge < -0.3 is 5.32 Å². The number of sulfonamides is 1. The number of rotatable bonds is 6. The minimum Gasteiger partial charge on any atom is -0.345 e. The summed E-state index contributed by atoms with van der Waals surface area (Å²) in [5, 5.41) is 2.89. The molecular weight excluding hydrogens is 404 g/mol. The number of halogens is 1. The van der Waals surface area contributed by atoms with Gasteiger partial charge in [0.2, 0.25) is 0 Å². The average Bonchev–Trinajstić information content (AvgIpc) is 3.09. The molecule has 3 rings (SSSR count). The van der Waals surface area contributed by atoms with E-state index < -0.39 is 10.0 Å². The Morgan fingerprint density at radius 2 is 1.67 bits per heavy atom. The van der Waals surface area contributed by atoms with Crippen LogP contribution in [0.15, 0.2) is 71.6 Å². The van der Waals surface area contributed by atoms with Crippen molar-refractivity contribution in [2.24, 2.45) is 0 Å². The Bertz CT molecular complexity index is 1030. The molecular formula is C19H17ClN2O3S2. The maximum absolute atomic E-state index is 12.4. The molecule has 2 N–H and O–H groups in total. The van der Waals surface area contributed by atoms with Crippen LogP contribution in [-0.2, 0) is 10.0 Å². The van der Waals surface area contributed by atoms with E-state index in [4.69, 9.17) is 11.6 Å². The summed E-state index contributed by atoms with van der Waals surface area (Å²) < 4.78 is 27.8. The smallest absolute Gasteiger partial charge is 0.261 e. The normalized spacial score (nSPS) is 12.4. The van der Waals surface area contributed by atoms with Crippen molar-refractivity contribution in [3.05, 3.63) is 81.5 Å². The van der Waals surface area contributed by atoms with Gasteiger partial charge in [-0.2, -0.15) is 0 Å². The number of thiophene rings is 1. The molecule has 0 saturated carbocycles. The first kappa shape index (κ1) is 19.4. The van der Waals surface area contributed by atoms with Gasteiger partial charge in [0.15, 0.2) is 0 Å². The molecule has 8 heteroatoms. The molecule has 0 saturated heterocycles. The first-order valence-corrected chi connectivity index (χ1v) is 10.8. The van der Waals surface area contributed by atoms with Gasteiger partial charge in [-0.25, -0.2) is 8.42 Å². The number of benzene rings is 2. The van der Waals surface area contributed by atoms with Crippen LogP contribution >= 0.6 is 22.9 Å². The molecule has 2 aromatic carbocycles. The predicted octanol–water partition coefficient (Wildman–Crippen LogP) is 4.69. The summed E-state index contributed by atoms with van der Waals surface area (Å²) in [5.41, 5.74) is 0.820. The third-order valence-corrected chi connectivity index (χ3v) is 6.63. The third kappa shape index (κ3) is 4.88. The van der Waals surface area contributed by atoms with Crippen molar-refractivity contribution in [1.82, 2.24) is 5.32 Å². The van der Waals surface area contributed by atoms with E-state index in [1.54, 1.807) is 48.5 Å². The van der Waals surface area contributed by atoms with E-state index >= 15 is 0 Å². The van der Waals surface area contributed by atoms with Crippen molar-refractivity contribution in [3.63, 3.8) is 0 Å². The zero-order valence-corrected chi connectivity index (χ0v) is 16.7. The van der Waals surface area contributed by atoms with E-state index in [9.17, 15) is 13.2 Å². The minimum absolute atomic E-state index is 0.175. The van der Waals surface area contributed by atoms with Crippen molar-refractivity contribution < 1.29 is 13.2 Å². The van der Waals surface area contributed by atoms with Crippen molar-refractivity contribution in [2.75, 3.05) is 4.72 Å². The number of carbonyl (C=O) groups is 1. The standard InChI is InChI=1S/C19H17ClN2O3S2/c1-13(17-11-12-18(20)26-17)21-19(23)14-7-9-15(10-8-14)22-27(24,25)16-5-3-2-4-6-16/h2-13,22H,1H3,(H,21,23). The summed E-state index contributed by atoms with van der Waals surface area (Å²) in [5.74, 6) is -0.246. The van der Waals surface area contributed by atoms with Crippen LogP contribution in [0, 0.1) is 0 Å². The van der Waals surface area contributed by atoms with Gasteiger partial charge >= 0.3 is 0 Å². The van der Waals surface area contributed by atoms with Crippen molar-refractivity contribution >= 4 is 44.6 Å². The fraction of sp³-hybridized carbons (Fsp3) is 0.105. The van der Waals surface area contributed by atoms with Crippen LogP contribution in [0.25, 0.3) is 0 Å². The van der Waals surface area contributed by atoms with Crippen molar-refractivity contribution in [1.29, 1.82) is 0 Å². The number of amides is 1. The molecule has 5 nitrogen and oxygen atoms in total. The van der Waals surface area contributed by atoms with Gasteiger partial charge in [0.1, 0.15) is 0 Å². The van der Waals surface area contributed by atoms with E-state index in [0.717, 1.165) is 4.88 Å². The largest absolute Gasteiger partial charge is 0.345 e. The highest BCUT2D eigenvalue weighted by molar-refractivity contribution is 7.92. The topological polar surface area (TPSA) is 75.3 Å². The van der Waals surface area contributed by atoms with Gasteiger partial charge in [0.05, 0.1) is 15.3 Å². The molecule has 3 aromatic rings. The Balaban J connectivity index is 1.67. The first-order valence-electron chi connectivity index (χ1n) is 8.09. The fourth-order valence-corrected chi connectivity index (χ4v) is 4.56. The number of anilines is 1. The van der Waals surface area contributed by atoms with E-state index in [0.29, 0.717) is 15.6 Å². The van der Waals surface area contributed by atoms with Crippen LogP contribution in [0.3, 0.4) is 0 Å². The minimum atomic E-state index is -3.66. The van der Waals surface area contributed by atoms with Gasteiger partial charge in [-0.15, -0.1) is 11.3 Å². The number of nitrogens with one attached hydrogen (secondary N) is 2. The molecule has 0 spiro atoms. The predicted molar refractivity (Wildman–Crippen MR) is 109 cm³/mol. The second-order valence-corrected chi connectivity index (χ2v) is 9.26. The molecule has 0 aliphatic carbocycles. The van der Waals surface area contributed by atoms with Crippen molar-refractivity contribution in [3.8, 4) is 0 Å². The Hall–Kier alpha value is -2.35. The van der Waals surface area contributed by atoms with Crippen LogP contribution in [0.1, 0.15) is 28.2 Å². The van der Waals surface area contributed by atoms with Crippen LogP contribution in [-0.4, -0.2) is 14.3 Å². The lowest BCUT2D eigenvalue weighted by Crippen LogP contribution is -2.26. The summed E-state index contributed by atoms with van der Waals surface area (Å²) in [4.78, 5) is 13.5. The SMILES string of the molecule is CC(NC(=O)c1ccc(NS(=O)(=O)c2ccccc2)cc1)c1ccc(Cl)s1. The monoisotopic (exact) mass is 420 g/mol. The van der Waals surface area contributed by atoms with Crippen LogP contribution in [0.4, 0.5) is 5.69 Å². The molecule has 1 amide bonds. The molecule has 0 aliphatic heterocycles. The molecule has 1 unspecified atom stereocenters. The van der Waals surface area contributed by atoms with Gasteiger partial charge in [-0.1, -0.05) is 29.8 Å². The lowest BCUT2D eigenvalue weighted by atomic mass is 10.2. The first-order chi connectivity index (χ1) is 12.8. The summed E-state index contributed by atoms with van der Waals surface area (Å²) in [6.07, 6.45) is 0. The Morgan fingerprint density at radius 3 is 2.26 bits per heavy atom. The summed E-state index contributed by atoms with van der Waals surface area (Å²) in [6.45, 7) is 1.88. The third-order valence-electron chi connectivity index (χ3n) is 3.82. The zero-order chi connectivity index (χ0) is 19.4. The van der Waals surface area contributed by atoms with Gasteiger partial charge in [-0.3, -0.25) is 9.52 Å².